The molecule has 2 atom stereocenters. The van der Waals surface area contributed by atoms with Crippen molar-refractivity contribution in [1.29, 1.82) is 0 Å². The van der Waals surface area contributed by atoms with E-state index in [1.165, 1.54) is 49.6 Å². The fourth-order valence-corrected chi connectivity index (χ4v) is 10.1. The molecule has 0 aromatic heterocycles. The van der Waals surface area contributed by atoms with E-state index in [4.69, 9.17) is 13.1 Å². The van der Waals surface area contributed by atoms with Gasteiger partial charge in [-0.05, 0) is 96.8 Å². The highest BCUT2D eigenvalue weighted by atomic mass is 32.2. The van der Waals surface area contributed by atoms with Crippen LogP contribution in [0.2, 0.25) is 0 Å². The summed E-state index contributed by atoms with van der Waals surface area (Å²) in [5.41, 5.74) is 23.1. The highest BCUT2D eigenvalue weighted by Crippen LogP contribution is 2.43. The molecule has 302 valence electrons. The number of nitrogens with zero attached hydrogens (tertiary/aromatic N) is 4. The van der Waals surface area contributed by atoms with Crippen LogP contribution in [0.5, 0.6) is 23.0 Å². The van der Waals surface area contributed by atoms with Gasteiger partial charge in [0.25, 0.3) is 11.6 Å². The summed E-state index contributed by atoms with van der Waals surface area (Å²) in [6.07, 6.45) is 3.80. The number of Topliss-reactive ketones (excluding diaryl/α,β-unsaturated/α-hetero) is 2. The summed E-state index contributed by atoms with van der Waals surface area (Å²) in [5, 5.41) is 10.7. The minimum absolute atomic E-state index is 0.0471. The second kappa shape index (κ2) is 15.6. The summed E-state index contributed by atoms with van der Waals surface area (Å²) >= 11 is 0. The van der Waals surface area contributed by atoms with Crippen LogP contribution >= 0.6 is 0 Å². The van der Waals surface area contributed by atoms with Gasteiger partial charge in [-0.15, -0.1) is 0 Å². The van der Waals surface area contributed by atoms with Gasteiger partial charge in [-0.1, -0.05) is 66.7 Å². The van der Waals surface area contributed by atoms with Crippen molar-refractivity contribution < 1.29 is 50.0 Å². The second-order valence-electron chi connectivity index (χ2n) is 14.3. The maximum atomic E-state index is 14.2. The highest BCUT2D eigenvalue weighted by molar-refractivity contribution is 7.96. The molecule has 1 N–H and O–H groups in total. The molecule has 13 nitrogen and oxygen atoms in total. The molecule has 5 aromatic rings. The lowest BCUT2D eigenvalue weighted by molar-refractivity contribution is -0.00459. The van der Waals surface area contributed by atoms with E-state index in [1.807, 2.05) is 12.1 Å². The molecule has 2 aliphatic carbocycles. The fourth-order valence-electron chi connectivity index (χ4n) is 7.51. The van der Waals surface area contributed by atoms with Crippen molar-refractivity contribution in [2.45, 2.75) is 38.5 Å². The molecular weight excluding hydrogens is 805 g/mol. The lowest BCUT2D eigenvalue weighted by atomic mass is 9.82. The number of ether oxygens (including phenoxy) is 1. The monoisotopic (exact) mass is 840 g/mol. The Bertz CT molecular complexity index is 3070. The summed E-state index contributed by atoms with van der Waals surface area (Å²) < 4.78 is 59.7. The normalized spacial score (nSPS) is 14.8. The third kappa shape index (κ3) is 7.27. The Labute approximate surface area is 346 Å². The number of carbonyl (C=O) groups excluding carboxylic acids is 2. The second-order valence-corrected chi connectivity index (χ2v) is 17.7. The number of allylic oxidation sites excluding steroid dienone is 2. The van der Waals surface area contributed by atoms with Gasteiger partial charge in [0.1, 0.15) is 26.2 Å². The van der Waals surface area contributed by atoms with E-state index in [9.17, 15) is 38.4 Å². The molecule has 15 heteroatoms. The third-order valence-electron chi connectivity index (χ3n) is 10.3. The van der Waals surface area contributed by atoms with Crippen LogP contribution in [0.3, 0.4) is 0 Å². The zero-order valence-corrected chi connectivity index (χ0v) is 34.6. The zero-order chi connectivity index (χ0) is 43.3. The number of ketones is 2. The topological polar surface area (TPSA) is 206 Å². The number of phenolic OH excluding ortho intramolecular Hbond substituents is 1. The van der Waals surface area contributed by atoms with Gasteiger partial charge in [0.2, 0.25) is 0 Å². The van der Waals surface area contributed by atoms with E-state index in [1.54, 1.807) is 70.2 Å². The van der Waals surface area contributed by atoms with E-state index in [2.05, 4.69) is 15.5 Å². The van der Waals surface area contributed by atoms with Crippen molar-refractivity contribution in [3.05, 3.63) is 169 Å². The number of benzene rings is 5. The highest BCUT2D eigenvalue weighted by Gasteiger charge is 2.37. The molecule has 5 aromatic carbocycles. The molecule has 0 heterocycles. The first kappa shape index (κ1) is 41.0. The van der Waals surface area contributed by atoms with Gasteiger partial charge in [-0.3, -0.25) is 9.59 Å². The predicted octanol–water partition coefficient (Wildman–Crippen LogP) is 7.38. The summed E-state index contributed by atoms with van der Waals surface area (Å²) in [6, 6.07) is 23.0. The lowest BCUT2D eigenvalue weighted by Gasteiger charge is -2.24. The number of phenols is 1. The number of methoxy groups -OCH3 is 1. The number of carbonyl (C=O) groups is 2. The smallest absolute Gasteiger partial charge is 0.364 e. The van der Waals surface area contributed by atoms with Gasteiger partial charge in [0, 0.05) is 34.2 Å². The SMILES string of the molecule is C=S(=O)(Oc1ccc(C(c2cc(C)c(O)c(C)c2)c2cc(C)c(OS(=O)(=O)C3=CC(=[N+]=[N-])C(=O)c4ccccc43)c(C)c2)cc1OC)c1cccc2c1C=CC(=[N+]=[N-])C2=O. The van der Waals surface area contributed by atoms with E-state index in [0.29, 0.717) is 33.4 Å². The minimum atomic E-state index is -4.58. The van der Waals surface area contributed by atoms with Gasteiger partial charge in [0.05, 0.1) is 18.1 Å². The van der Waals surface area contributed by atoms with Crippen molar-refractivity contribution in [3.63, 3.8) is 0 Å². The Morgan fingerprint density at radius 1 is 0.667 bits per heavy atom. The number of hydrogen-bond donors (Lipinski definition) is 1. The van der Waals surface area contributed by atoms with Crippen molar-refractivity contribution in [3.8, 4) is 23.0 Å². The largest absolute Gasteiger partial charge is 0.507 e. The molecule has 0 bridgehead atoms. The standard InChI is InChI=1S/C45H36N4O9S2/c1-24-18-29(19-25(2)42(24)50)41(28-14-17-37(38(22-28)56-5)57-59(6,53)39-13-9-12-34-32(39)15-16-35(48-46)43(34)51)30-20-26(3)45(27(4)21-30)58-60(54,55)40-23-36(49-47)44(52)33-11-8-7-10-31(33)40/h7-23,41,50H,6H2,1-5H3. The Morgan fingerprint density at radius 3 is 1.87 bits per heavy atom. The van der Waals surface area contributed by atoms with Gasteiger partial charge >= 0.3 is 21.5 Å². The van der Waals surface area contributed by atoms with Crippen LogP contribution in [0, 0.1) is 27.7 Å². The molecule has 60 heavy (non-hydrogen) atoms. The van der Waals surface area contributed by atoms with Crippen LogP contribution in [0.15, 0.2) is 102 Å². The fraction of sp³-hybridized carbons (Fsp3) is 0.133. The first-order valence-electron chi connectivity index (χ1n) is 18.3. The predicted molar refractivity (Wildman–Crippen MR) is 227 cm³/mol. The van der Waals surface area contributed by atoms with E-state index in [0.717, 1.165) is 17.2 Å². The molecule has 0 saturated heterocycles. The van der Waals surface area contributed by atoms with Gasteiger partial charge in [0.15, 0.2) is 11.5 Å². The minimum Gasteiger partial charge on any atom is -0.507 e. The molecular formula is C45H36N4O9S2. The molecule has 0 fully saturated rings. The number of fused-ring (bicyclic) bond motifs is 2. The number of rotatable bonds is 10. The quantitative estimate of drug-likeness (QED) is 0.0489. The summed E-state index contributed by atoms with van der Waals surface area (Å²) in [5.74, 6) is 2.64. The van der Waals surface area contributed by atoms with Crippen LogP contribution in [0.4, 0.5) is 0 Å². The number of hydrogen-bond acceptors (Lipinski definition) is 9. The number of aromatic hydroxyl groups is 1. The van der Waals surface area contributed by atoms with Crippen LogP contribution in [0.1, 0.15) is 76.7 Å². The average molecular weight is 841 g/mol. The van der Waals surface area contributed by atoms with E-state index >= 15 is 0 Å². The van der Waals surface area contributed by atoms with Gasteiger partial charge < -0.3 is 29.3 Å². The van der Waals surface area contributed by atoms with Crippen molar-refractivity contribution in [1.82, 2.24) is 0 Å². The Hall–Kier alpha value is -7.15. The van der Waals surface area contributed by atoms with Crippen molar-refractivity contribution >= 4 is 59.8 Å². The van der Waals surface area contributed by atoms with Crippen LogP contribution in [-0.2, 0) is 19.9 Å². The van der Waals surface area contributed by atoms with E-state index < -0.39 is 43.1 Å². The third-order valence-corrected chi connectivity index (χ3v) is 13.0. The Balaban J connectivity index is 1.29. The molecule has 0 amide bonds. The summed E-state index contributed by atoms with van der Waals surface area (Å²) in [6.45, 7) is 6.96. The first-order chi connectivity index (χ1) is 28.5. The molecule has 7 rings (SSSR count). The summed E-state index contributed by atoms with van der Waals surface area (Å²) in [7, 11) is -6.72. The van der Waals surface area contributed by atoms with E-state index in [-0.39, 0.29) is 55.2 Å². The molecule has 0 aliphatic heterocycles. The Kier molecular flexibility index (Phi) is 10.6. The maximum Gasteiger partial charge on any atom is 0.364 e. The van der Waals surface area contributed by atoms with Crippen LogP contribution < -0.4 is 13.1 Å². The summed E-state index contributed by atoms with van der Waals surface area (Å²) in [4.78, 5) is 31.5. The van der Waals surface area contributed by atoms with Gasteiger partial charge in [-0.2, -0.15) is 18.0 Å². The number of aryl methyl sites for hydroxylation is 4. The van der Waals surface area contributed by atoms with Crippen LogP contribution in [-0.4, -0.2) is 63.3 Å². The van der Waals surface area contributed by atoms with Crippen LogP contribution in [0.25, 0.3) is 22.0 Å². The van der Waals surface area contributed by atoms with Gasteiger partial charge in [-0.25, -0.2) is 4.21 Å². The zero-order valence-electron chi connectivity index (χ0n) is 32.9. The first-order valence-corrected chi connectivity index (χ1v) is 21.3. The van der Waals surface area contributed by atoms with Crippen molar-refractivity contribution in [2.24, 2.45) is 0 Å². The van der Waals surface area contributed by atoms with Crippen molar-refractivity contribution in [2.75, 3.05) is 7.11 Å². The molecule has 0 spiro atoms. The molecule has 2 aliphatic rings. The molecule has 2 unspecified atom stereocenters. The Morgan fingerprint density at radius 2 is 1.25 bits per heavy atom. The molecule has 0 saturated carbocycles. The average Bonchev–Trinajstić information content (AvgIpc) is 3.22. The lowest BCUT2D eigenvalue weighted by Crippen LogP contribution is -2.24. The maximum absolute atomic E-state index is 14.2. The molecule has 0 radical (unpaired) electrons.